The Hall–Kier alpha value is -1.86. The molecule has 1 heterocycles. The molecule has 0 radical (unpaired) electrons. The van der Waals surface area contributed by atoms with Gasteiger partial charge < -0.3 is 5.32 Å². The minimum absolute atomic E-state index is 0.122. The molecule has 8 heteroatoms. The monoisotopic (exact) mass is 355 g/mol. The van der Waals surface area contributed by atoms with Crippen molar-refractivity contribution in [2.75, 3.05) is 13.1 Å². The number of nitrogens with zero attached hydrogens (tertiary/aromatic N) is 1. The molecule has 0 spiro atoms. The summed E-state index contributed by atoms with van der Waals surface area (Å²) < 4.78 is 27.0. The molecule has 1 aliphatic rings. The molecule has 0 unspecified atom stereocenters. The van der Waals surface area contributed by atoms with Gasteiger partial charge >= 0.3 is 0 Å². The standard InChI is InChI=1S/C15H18ClN3O3S/c1-3-8-17-13(20)9-18-15-10(2)14(23(21,22)19-15)11-4-6-12(16)7-5-11/h4-7H,3,8-9H2,1-2H3,(H,17,20)(H,18,19). The Morgan fingerprint density at radius 3 is 2.57 bits per heavy atom. The third-order valence-corrected chi connectivity index (χ3v) is 5.05. The summed E-state index contributed by atoms with van der Waals surface area (Å²) in [4.78, 5) is 15.8. The SMILES string of the molecule is CCCNC(=O)CN=C1NS(=O)(=O)C(c2ccc(Cl)cc2)=C1C. The van der Waals surface area contributed by atoms with Crippen LogP contribution in [0.4, 0.5) is 0 Å². The zero-order valence-electron chi connectivity index (χ0n) is 12.9. The lowest BCUT2D eigenvalue weighted by molar-refractivity contribution is -0.119. The van der Waals surface area contributed by atoms with Crippen LogP contribution in [0, 0.1) is 0 Å². The number of carbonyl (C=O) groups excluding carboxylic acids is 1. The summed E-state index contributed by atoms with van der Waals surface area (Å²) in [6, 6.07) is 6.52. The maximum absolute atomic E-state index is 12.3. The lowest BCUT2D eigenvalue weighted by atomic mass is 10.1. The van der Waals surface area contributed by atoms with Crippen molar-refractivity contribution in [1.82, 2.24) is 10.0 Å². The van der Waals surface area contributed by atoms with Crippen LogP contribution >= 0.6 is 11.6 Å². The summed E-state index contributed by atoms with van der Waals surface area (Å²) in [5.41, 5.74) is 1.01. The average molecular weight is 356 g/mol. The Kier molecular flexibility index (Phi) is 5.43. The third kappa shape index (κ3) is 4.11. The third-order valence-electron chi connectivity index (χ3n) is 3.25. The summed E-state index contributed by atoms with van der Waals surface area (Å²) in [6.45, 7) is 4.05. The second kappa shape index (κ2) is 7.14. The normalized spacial score (nSPS) is 18.1. The van der Waals surface area contributed by atoms with Crippen LogP contribution in [-0.4, -0.2) is 33.3 Å². The molecule has 1 amide bonds. The van der Waals surface area contributed by atoms with Crippen molar-refractivity contribution in [2.24, 2.45) is 4.99 Å². The van der Waals surface area contributed by atoms with Gasteiger partial charge in [0.2, 0.25) is 5.91 Å². The lowest BCUT2D eigenvalue weighted by Crippen LogP contribution is -2.29. The first kappa shape index (κ1) is 17.5. The first-order chi connectivity index (χ1) is 10.8. The summed E-state index contributed by atoms with van der Waals surface area (Å²) in [6.07, 6.45) is 0.828. The highest BCUT2D eigenvalue weighted by Gasteiger charge is 2.32. The highest BCUT2D eigenvalue weighted by atomic mass is 35.5. The molecule has 6 nitrogen and oxygen atoms in total. The number of aliphatic imine (C=N–C) groups is 1. The van der Waals surface area contributed by atoms with E-state index >= 15 is 0 Å². The largest absolute Gasteiger partial charge is 0.355 e. The van der Waals surface area contributed by atoms with Gasteiger partial charge in [-0.2, -0.15) is 0 Å². The van der Waals surface area contributed by atoms with E-state index in [1.54, 1.807) is 31.2 Å². The zero-order chi connectivity index (χ0) is 17.0. The van der Waals surface area contributed by atoms with Crippen LogP contribution in [0.1, 0.15) is 25.8 Å². The van der Waals surface area contributed by atoms with E-state index in [1.807, 2.05) is 6.92 Å². The highest BCUT2D eigenvalue weighted by molar-refractivity contribution is 8.00. The van der Waals surface area contributed by atoms with Gasteiger partial charge in [-0.05, 0) is 31.0 Å². The molecule has 124 valence electrons. The highest BCUT2D eigenvalue weighted by Crippen LogP contribution is 2.30. The molecule has 1 aromatic rings. The molecule has 23 heavy (non-hydrogen) atoms. The molecule has 0 aromatic heterocycles. The van der Waals surface area contributed by atoms with E-state index in [9.17, 15) is 13.2 Å². The van der Waals surface area contributed by atoms with E-state index < -0.39 is 10.0 Å². The van der Waals surface area contributed by atoms with Crippen molar-refractivity contribution in [1.29, 1.82) is 0 Å². The van der Waals surface area contributed by atoms with Crippen LogP contribution in [0.25, 0.3) is 4.91 Å². The fourth-order valence-corrected chi connectivity index (χ4v) is 3.81. The number of rotatable bonds is 5. The molecule has 1 aliphatic heterocycles. The zero-order valence-corrected chi connectivity index (χ0v) is 14.5. The van der Waals surface area contributed by atoms with Crippen LogP contribution < -0.4 is 10.0 Å². The number of nitrogens with one attached hydrogen (secondary N) is 2. The number of amidine groups is 1. The van der Waals surface area contributed by atoms with E-state index in [4.69, 9.17) is 11.6 Å². The molecule has 2 N–H and O–H groups in total. The van der Waals surface area contributed by atoms with Gasteiger partial charge in [-0.1, -0.05) is 30.7 Å². The summed E-state index contributed by atoms with van der Waals surface area (Å²) in [7, 11) is -3.69. The van der Waals surface area contributed by atoms with Gasteiger partial charge in [0, 0.05) is 17.1 Å². The van der Waals surface area contributed by atoms with Gasteiger partial charge in [-0.25, -0.2) is 8.42 Å². The van der Waals surface area contributed by atoms with Crippen molar-refractivity contribution < 1.29 is 13.2 Å². The Morgan fingerprint density at radius 2 is 1.96 bits per heavy atom. The van der Waals surface area contributed by atoms with Crippen molar-refractivity contribution in [3.63, 3.8) is 0 Å². The van der Waals surface area contributed by atoms with Crippen LogP contribution in [0.15, 0.2) is 34.8 Å². The van der Waals surface area contributed by atoms with E-state index in [0.29, 0.717) is 22.7 Å². The van der Waals surface area contributed by atoms with Crippen LogP contribution in [0.5, 0.6) is 0 Å². The molecular formula is C15H18ClN3O3S. The molecule has 0 bridgehead atoms. The average Bonchev–Trinajstić information content (AvgIpc) is 2.73. The van der Waals surface area contributed by atoms with Gasteiger partial charge in [0.1, 0.15) is 17.3 Å². The molecule has 1 aromatic carbocycles. The quantitative estimate of drug-likeness (QED) is 0.845. The number of amides is 1. The van der Waals surface area contributed by atoms with Gasteiger partial charge in [-0.3, -0.25) is 14.5 Å². The van der Waals surface area contributed by atoms with Gasteiger partial charge in [0.05, 0.1) is 0 Å². The maximum Gasteiger partial charge on any atom is 0.264 e. The van der Waals surface area contributed by atoms with Crippen molar-refractivity contribution in [2.45, 2.75) is 20.3 Å². The Labute approximate surface area is 140 Å². The van der Waals surface area contributed by atoms with E-state index in [-0.39, 0.29) is 23.2 Å². The van der Waals surface area contributed by atoms with E-state index in [2.05, 4.69) is 15.0 Å². The molecule has 0 fully saturated rings. The first-order valence-corrected chi connectivity index (χ1v) is 9.02. The van der Waals surface area contributed by atoms with Crippen molar-refractivity contribution >= 4 is 38.3 Å². The van der Waals surface area contributed by atoms with Crippen molar-refractivity contribution in [3.05, 3.63) is 40.4 Å². The number of halogens is 1. The van der Waals surface area contributed by atoms with Crippen LogP contribution in [0.2, 0.25) is 5.02 Å². The Bertz CT molecular complexity index is 768. The minimum Gasteiger partial charge on any atom is -0.355 e. The van der Waals surface area contributed by atoms with E-state index in [1.165, 1.54) is 0 Å². The molecule has 0 saturated carbocycles. The molecule has 0 atom stereocenters. The summed E-state index contributed by atoms with van der Waals surface area (Å²) in [5, 5.41) is 3.21. The fourth-order valence-electron chi connectivity index (χ4n) is 2.16. The van der Waals surface area contributed by atoms with Crippen molar-refractivity contribution in [3.8, 4) is 0 Å². The number of sulfonamides is 1. The smallest absolute Gasteiger partial charge is 0.264 e. The predicted octanol–water partition coefficient (Wildman–Crippen LogP) is 1.93. The molecular weight excluding hydrogens is 338 g/mol. The second-order valence-electron chi connectivity index (χ2n) is 5.08. The summed E-state index contributed by atoms with van der Waals surface area (Å²) in [5.74, 6) is -0.0483. The number of carbonyl (C=O) groups is 1. The Morgan fingerprint density at radius 1 is 1.30 bits per heavy atom. The summed E-state index contributed by atoms with van der Waals surface area (Å²) >= 11 is 5.83. The van der Waals surface area contributed by atoms with Crippen LogP contribution in [0.3, 0.4) is 0 Å². The number of benzene rings is 1. The van der Waals surface area contributed by atoms with Gasteiger partial charge in [0.15, 0.2) is 0 Å². The number of hydrogen-bond donors (Lipinski definition) is 2. The van der Waals surface area contributed by atoms with Gasteiger partial charge in [-0.15, -0.1) is 0 Å². The Balaban J connectivity index is 2.28. The second-order valence-corrected chi connectivity index (χ2v) is 7.14. The predicted molar refractivity (Wildman–Crippen MR) is 91.7 cm³/mol. The fraction of sp³-hybridized carbons (Fsp3) is 0.333. The molecule has 2 rings (SSSR count). The van der Waals surface area contributed by atoms with Crippen LogP contribution in [-0.2, 0) is 14.8 Å². The molecule has 0 aliphatic carbocycles. The number of hydrogen-bond acceptors (Lipinski definition) is 4. The van der Waals surface area contributed by atoms with E-state index in [0.717, 1.165) is 6.42 Å². The minimum atomic E-state index is -3.69. The topological polar surface area (TPSA) is 87.6 Å². The molecule has 0 saturated heterocycles. The first-order valence-electron chi connectivity index (χ1n) is 7.16. The van der Waals surface area contributed by atoms with Gasteiger partial charge in [0.25, 0.3) is 10.0 Å². The maximum atomic E-state index is 12.3. The lowest BCUT2D eigenvalue weighted by Gasteiger charge is -2.03.